The number of hydrogen-bond acceptors (Lipinski definition) is 2. The lowest BCUT2D eigenvalue weighted by Gasteiger charge is -2.05. The fraction of sp³-hybridized carbons (Fsp3) is 0.0909. The summed E-state index contributed by atoms with van der Waals surface area (Å²) in [5, 5.41) is 0.478. The first kappa shape index (κ1) is 9.93. The first-order chi connectivity index (χ1) is 7.18. The number of Topliss-reactive ketones (excluding diaryl/α,β-unsaturated/α-hetero) is 1. The average Bonchev–Trinajstić information content (AvgIpc) is 2.71. The summed E-state index contributed by atoms with van der Waals surface area (Å²) in [6, 6.07) is 5.32. The van der Waals surface area contributed by atoms with Gasteiger partial charge in [-0.25, -0.2) is 4.98 Å². The molecule has 4 heteroatoms. The molecule has 1 heterocycles. The third kappa shape index (κ3) is 1.92. The Kier molecular flexibility index (Phi) is 2.56. The highest BCUT2D eigenvalue weighted by Gasteiger charge is 2.07. The molecule has 0 saturated carbocycles. The van der Waals surface area contributed by atoms with Crippen LogP contribution in [0.2, 0.25) is 5.02 Å². The van der Waals surface area contributed by atoms with Crippen molar-refractivity contribution in [2.75, 3.05) is 0 Å². The van der Waals surface area contributed by atoms with E-state index in [1.165, 1.54) is 6.92 Å². The van der Waals surface area contributed by atoms with Crippen LogP contribution in [-0.2, 0) is 0 Å². The molecule has 76 valence electrons. The van der Waals surface area contributed by atoms with Gasteiger partial charge in [0, 0.05) is 23.6 Å². The Balaban J connectivity index is 2.52. The van der Waals surface area contributed by atoms with Crippen molar-refractivity contribution in [2.24, 2.45) is 0 Å². The molecule has 0 N–H and O–H groups in total. The highest BCUT2D eigenvalue weighted by atomic mass is 35.5. The molecule has 0 spiro atoms. The number of ketones is 1. The SMILES string of the molecule is CC(=O)c1cc(-n2ccnc2)ccc1Cl. The molecule has 0 fully saturated rings. The second kappa shape index (κ2) is 3.87. The fourth-order valence-corrected chi connectivity index (χ4v) is 1.61. The minimum atomic E-state index is -0.0398. The van der Waals surface area contributed by atoms with Gasteiger partial charge in [-0.2, -0.15) is 0 Å². The van der Waals surface area contributed by atoms with Crippen LogP contribution in [0.15, 0.2) is 36.9 Å². The fourth-order valence-electron chi connectivity index (χ4n) is 1.36. The lowest BCUT2D eigenvalue weighted by atomic mass is 10.1. The third-order valence-electron chi connectivity index (χ3n) is 2.13. The summed E-state index contributed by atoms with van der Waals surface area (Å²) in [5.74, 6) is -0.0398. The maximum atomic E-state index is 11.3. The van der Waals surface area contributed by atoms with E-state index in [1.807, 2.05) is 16.8 Å². The molecule has 0 bridgehead atoms. The van der Waals surface area contributed by atoms with Crippen LogP contribution in [0.5, 0.6) is 0 Å². The normalized spacial score (nSPS) is 10.3. The van der Waals surface area contributed by atoms with Gasteiger partial charge in [-0.3, -0.25) is 4.79 Å². The Morgan fingerprint density at radius 2 is 2.27 bits per heavy atom. The number of benzene rings is 1. The molecule has 15 heavy (non-hydrogen) atoms. The second-order valence-electron chi connectivity index (χ2n) is 3.19. The summed E-state index contributed by atoms with van der Waals surface area (Å²) in [4.78, 5) is 15.2. The molecule has 2 aromatic rings. The van der Waals surface area contributed by atoms with E-state index >= 15 is 0 Å². The van der Waals surface area contributed by atoms with Gasteiger partial charge in [-0.05, 0) is 25.1 Å². The van der Waals surface area contributed by atoms with E-state index in [1.54, 1.807) is 24.7 Å². The molecular formula is C11H9ClN2O. The van der Waals surface area contributed by atoms with E-state index in [0.717, 1.165) is 5.69 Å². The zero-order valence-corrected chi connectivity index (χ0v) is 8.90. The number of imidazole rings is 1. The quantitative estimate of drug-likeness (QED) is 0.730. The zero-order valence-electron chi connectivity index (χ0n) is 8.14. The van der Waals surface area contributed by atoms with E-state index in [0.29, 0.717) is 10.6 Å². The Bertz CT molecular complexity index is 491. The molecule has 0 unspecified atom stereocenters. The summed E-state index contributed by atoms with van der Waals surface area (Å²) in [6.45, 7) is 1.50. The Hall–Kier alpha value is -1.61. The minimum Gasteiger partial charge on any atom is -0.306 e. The molecule has 0 amide bonds. The monoisotopic (exact) mass is 220 g/mol. The van der Waals surface area contributed by atoms with Crippen molar-refractivity contribution >= 4 is 17.4 Å². The molecule has 0 aliphatic heterocycles. The van der Waals surface area contributed by atoms with Crippen molar-refractivity contribution in [3.8, 4) is 5.69 Å². The van der Waals surface area contributed by atoms with E-state index in [4.69, 9.17) is 11.6 Å². The van der Waals surface area contributed by atoms with Crippen molar-refractivity contribution < 1.29 is 4.79 Å². The largest absolute Gasteiger partial charge is 0.306 e. The molecule has 0 aliphatic carbocycles. The van der Waals surface area contributed by atoms with Crippen molar-refractivity contribution in [1.82, 2.24) is 9.55 Å². The van der Waals surface area contributed by atoms with Crippen molar-refractivity contribution in [1.29, 1.82) is 0 Å². The molecule has 1 aromatic heterocycles. The lowest BCUT2D eigenvalue weighted by Crippen LogP contribution is -1.97. The average molecular weight is 221 g/mol. The molecular weight excluding hydrogens is 212 g/mol. The van der Waals surface area contributed by atoms with E-state index < -0.39 is 0 Å². The van der Waals surface area contributed by atoms with Gasteiger partial charge in [-0.15, -0.1) is 0 Å². The van der Waals surface area contributed by atoms with Crippen molar-refractivity contribution in [3.05, 3.63) is 47.5 Å². The molecule has 0 atom stereocenters. The first-order valence-corrected chi connectivity index (χ1v) is 4.85. The summed E-state index contributed by atoms with van der Waals surface area (Å²) in [6.07, 6.45) is 5.17. The second-order valence-corrected chi connectivity index (χ2v) is 3.60. The van der Waals surface area contributed by atoms with Crippen LogP contribution < -0.4 is 0 Å². The third-order valence-corrected chi connectivity index (χ3v) is 2.46. The van der Waals surface area contributed by atoms with Crippen LogP contribution in [0.25, 0.3) is 5.69 Å². The lowest BCUT2D eigenvalue weighted by molar-refractivity contribution is 0.101. The van der Waals surface area contributed by atoms with Gasteiger partial charge in [0.05, 0.1) is 11.3 Å². The van der Waals surface area contributed by atoms with Gasteiger partial charge in [0.2, 0.25) is 0 Å². The number of rotatable bonds is 2. The minimum absolute atomic E-state index is 0.0398. The molecule has 1 aromatic carbocycles. The molecule has 2 rings (SSSR count). The topological polar surface area (TPSA) is 34.9 Å². The summed E-state index contributed by atoms with van der Waals surface area (Å²) in [7, 11) is 0. The van der Waals surface area contributed by atoms with E-state index in [9.17, 15) is 4.79 Å². The van der Waals surface area contributed by atoms with Crippen LogP contribution in [-0.4, -0.2) is 15.3 Å². The number of hydrogen-bond donors (Lipinski definition) is 0. The standard InChI is InChI=1S/C11H9ClN2O/c1-8(15)10-6-9(2-3-11(10)12)14-5-4-13-7-14/h2-7H,1H3. The van der Waals surface area contributed by atoms with E-state index in [-0.39, 0.29) is 5.78 Å². The molecule has 0 radical (unpaired) electrons. The van der Waals surface area contributed by atoms with Crippen LogP contribution in [0, 0.1) is 0 Å². The van der Waals surface area contributed by atoms with Crippen LogP contribution >= 0.6 is 11.6 Å². The van der Waals surface area contributed by atoms with Crippen LogP contribution in [0.1, 0.15) is 17.3 Å². The van der Waals surface area contributed by atoms with Crippen LogP contribution in [0.3, 0.4) is 0 Å². The smallest absolute Gasteiger partial charge is 0.161 e. The Labute approximate surface area is 92.3 Å². The van der Waals surface area contributed by atoms with Gasteiger partial charge in [0.15, 0.2) is 5.78 Å². The zero-order chi connectivity index (χ0) is 10.8. The Morgan fingerprint density at radius 1 is 1.47 bits per heavy atom. The number of carbonyl (C=O) groups is 1. The maximum Gasteiger partial charge on any atom is 0.161 e. The van der Waals surface area contributed by atoms with Gasteiger partial charge < -0.3 is 4.57 Å². The van der Waals surface area contributed by atoms with Crippen molar-refractivity contribution in [2.45, 2.75) is 6.92 Å². The highest BCUT2D eigenvalue weighted by molar-refractivity contribution is 6.33. The van der Waals surface area contributed by atoms with Gasteiger partial charge >= 0.3 is 0 Å². The summed E-state index contributed by atoms with van der Waals surface area (Å²) >= 11 is 5.91. The number of halogens is 1. The predicted octanol–water partition coefficient (Wildman–Crippen LogP) is 2.73. The van der Waals surface area contributed by atoms with E-state index in [2.05, 4.69) is 4.98 Å². The number of carbonyl (C=O) groups excluding carboxylic acids is 1. The van der Waals surface area contributed by atoms with Gasteiger partial charge in [0.1, 0.15) is 0 Å². The summed E-state index contributed by atoms with van der Waals surface area (Å²) < 4.78 is 1.82. The first-order valence-electron chi connectivity index (χ1n) is 4.47. The predicted molar refractivity (Wildman–Crippen MR) is 58.6 cm³/mol. The molecule has 0 aliphatic rings. The number of nitrogens with zero attached hydrogens (tertiary/aromatic N) is 2. The molecule has 0 saturated heterocycles. The van der Waals surface area contributed by atoms with Gasteiger partial charge in [-0.1, -0.05) is 11.6 Å². The molecule has 3 nitrogen and oxygen atoms in total. The van der Waals surface area contributed by atoms with Gasteiger partial charge in [0.25, 0.3) is 0 Å². The van der Waals surface area contributed by atoms with Crippen LogP contribution in [0.4, 0.5) is 0 Å². The Morgan fingerprint density at radius 3 is 2.87 bits per heavy atom. The summed E-state index contributed by atoms with van der Waals surface area (Å²) in [5.41, 5.74) is 1.41. The maximum absolute atomic E-state index is 11.3. The van der Waals surface area contributed by atoms with Crippen molar-refractivity contribution in [3.63, 3.8) is 0 Å². The highest BCUT2D eigenvalue weighted by Crippen LogP contribution is 2.20. The number of aromatic nitrogens is 2.